The molecule has 2 aromatic heterocycles. The first-order chi connectivity index (χ1) is 10.2. The summed E-state index contributed by atoms with van der Waals surface area (Å²) < 4.78 is 6.54. The Balaban J connectivity index is 1.81. The maximum Gasteiger partial charge on any atom is 0.253 e. The number of aromatic nitrogens is 2. The van der Waals surface area contributed by atoms with Crippen LogP contribution in [0.15, 0.2) is 46.1 Å². The maximum absolute atomic E-state index is 11.7. The van der Waals surface area contributed by atoms with Crippen LogP contribution in [-0.2, 0) is 17.8 Å². The summed E-state index contributed by atoms with van der Waals surface area (Å²) in [6.45, 7) is 2.68. The largest absolute Gasteiger partial charge is 0.465 e. The summed E-state index contributed by atoms with van der Waals surface area (Å²) in [4.78, 5) is 27.5. The zero-order valence-corrected chi connectivity index (χ0v) is 11.8. The van der Waals surface area contributed by atoms with Crippen LogP contribution in [-0.4, -0.2) is 22.0 Å². The first kappa shape index (κ1) is 14.8. The molecule has 21 heavy (non-hydrogen) atoms. The fourth-order valence-corrected chi connectivity index (χ4v) is 1.73. The number of hydrogen-bond acceptors (Lipinski definition) is 4. The standard InChI is InChI=1S/C15H17N3O3/c1-2-12-10-15(20)18(11-17-12)8-7-16-14(19)6-5-13-4-3-9-21-13/h3-6,9-11H,2,7-8H2,1H3,(H,16,19)/b6-5+. The van der Waals surface area contributed by atoms with Gasteiger partial charge < -0.3 is 9.73 Å². The maximum atomic E-state index is 11.7. The molecule has 0 bridgehead atoms. The van der Waals surface area contributed by atoms with Crippen LogP contribution < -0.4 is 10.9 Å². The molecule has 0 aliphatic carbocycles. The minimum absolute atomic E-state index is 0.109. The summed E-state index contributed by atoms with van der Waals surface area (Å²) >= 11 is 0. The molecule has 1 N–H and O–H groups in total. The van der Waals surface area contributed by atoms with Gasteiger partial charge in [0, 0.05) is 30.9 Å². The van der Waals surface area contributed by atoms with Gasteiger partial charge in [-0.3, -0.25) is 14.2 Å². The van der Waals surface area contributed by atoms with Crippen molar-refractivity contribution in [3.63, 3.8) is 0 Å². The summed E-state index contributed by atoms with van der Waals surface area (Å²) in [7, 11) is 0. The van der Waals surface area contributed by atoms with Crippen molar-refractivity contribution >= 4 is 12.0 Å². The number of amides is 1. The van der Waals surface area contributed by atoms with Crippen molar-refractivity contribution in [3.8, 4) is 0 Å². The number of furan rings is 1. The van der Waals surface area contributed by atoms with Crippen LogP contribution in [0.5, 0.6) is 0 Å². The monoisotopic (exact) mass is 287 g/mol. The summed E-state index contributed by atoms with van der Waals surface area (Å²) in [5.41, 5.74) is 0.656. The van der Waals surface area contributed by atoms with Gasteiger partial charge >= 0.3 is 0 Å². The molecule has 0 saturated carbocycles. The lowest BCUT2D eigenvalue weighted by Gasteiger charge is -2.06. The van der Waals surface area contributed by atoms with Crippen LogP contribution in [0, 0.1) is 0 Å². The van der Waals surface area contributed by atoms with Gasteiger partial charge in [-0.2, -0.15) is 0 Å². The molecule has 0 spiro atoms. The first-order valence-corrected chi connectivity index (χ1v) is 6.74. The molecule has 0 fully saturated rings. The average Bonchev–Trinajstić information content (AvgIpc) is 3.00. The number of nitrogens with zero attached hydrogens (tertiary/aromatic N) is 2. The fourth-order valence-electron chi connectivity index (χ4n) is 1.73. The van der Waals surface area contributed by atoms with Gasteiger partial charge in [0.2, 0.25) is 5.91 Å². The second kappa shape index (κ2) is 7.23. The highest BCUT2D eigenvalue weighted by Crippen LogP contribution is 2.01. The van der Waals surface area contributed by atoms with E-state index in [1.807, 2.05) is 6.92 Å². The molecule has 6 heteroatoms. The smallest absolute Gasteiger partial charge is 0.253 e. The van der Waals surface area contributed by atoms with E-state index in [2.05, 4.69) is 10.3 Å². The Morgan fingerprint density at radius 1 is 1.52 bits per heavy atom. The third-order valence-electron chi connectivity index (χ3n) is 2.89. The number of hydrogen-bond donors (Lipinski definition) is 1. The second-order valence-electron chi connectivity index (χ2n) is 4.41. The molecule has 0 saturated heterocycles. The average molecular weight is 287 g/mol. The molecule has 0 aliphatic heterocycles. The Kier molecular flexibility index (Phi) is 5.09. The Morgan fingerprint density at radius 2 is 2.38 bits per heavy atom. The number of rotatable bonds is 6. The first-order valence-electron chi connectivity index (χ1n) is 6.74. The Labute approximate surface area is 122 Å². The van der Waals surface area contributed by atoms with Crippen molar-refractivity contribution in [3.05, 3.63) is 58.7 Å². The number of carbonyl (C=O) groups excluding carboxylic acids is 1. The Morgan fingerprint density at radius 3 is 3.05 bits per heavy atom. The van der Waals surface area contributed by atoms with Crippen LogP contribution in [0.1, 0.15) is 18.4 Å². The summed E-state index contributed by atoms with van der Waals surface area (Å²) in [5.74, 6) is 0.373. The third kappa shape index (κ3) is 4.45. The quantitative estimate of drug-likeness (QED) is 0.811. The molecule has 0 aliphatic rings. The predicted molar refractivity (Wildman–Crippen MR) is 78.6 cm³/mol. The number of nitrogens with one attached hydrogen (secondary N) is 1. The molecule has 0 unspecified atom stereocenters. The molecule has 0 aromatic carbocycles. The third-order valence-corrected chi connectivity index (χ3v) is 2.89. The van der Waals surface area contributed by atoms with E-state index in [9.17, 15) is 9.59 Å². The highest BCUT2D eigenvalue weighted by molar-refractivity contribution is 5.91. The van der Waals surface area contributed by atoms with E-state index in [-0.39, 0.29) is 11.5 Å². The van der Waals surface area contributed by atoms with E-state index >= 15 is 0 Å². The molecule has 0 atom stereocenters. The highest BCUT2D eigenvalue weighted by atomic mass is 16.3. The summed E-state index contributed by atoms with van der Waals surface area (Å²) in [6.07, 6.45) is 6.74. The fraction of sp³-hybridized carbons (Fsp3) is 0.267. The minimum atomic E-state index is -0.238. The van der Waals surface area contributed by atoms with Crippen LogP contribution in [0.4, 0.5) is 0 Å². The van der Waals surface area contributed by atoms with E-state index in [1.54, 1.807) is 18.2 Å². The number of aryl methyl sites for hydroxylation is 1. The zero-order chi connectivity index (χ0) is 15.1. The van der Waals surface area contributed by atoms with Crippen LogP contribution in [0.25, 0.3) is 6.08 Å². The molecule has 2 heterocycles. The normalized spacial score (nSPS) is 10.9. The minimum Gasteiger partial charge on any atom is -0.465 e. The Hall–Kier alpha value is -2.63. The lowest BCUT2D eigenvalue weighted by molar-refractivity contribution is -0.116. The van der Waals surface area contributed by atoms with Gasteiger partial charge in [-0.15, -0.1) is 0 Å². The van der Waals surface area contributed by atoms with E-state index in [0.717, 1.165) is 12.1 Å². The van der Waals surface area contributed by atoms with Gasteiger partial charge in [-0.05, 0) is 24.6 Å². The predicted octanol–water partition coefficient (Wildman–Crippen LogP) is 1.23. The van der Waals surface area contributed by atoms with Crippen molar-refractivity contribution < 1.29 is 9.21 Å². The van der Waals surface area contributed by atoms with Gasteiger partial charge in [0.1, 0.15) is 5.76 Å². The highest BCUT2D eigenvalue weighted by Gasteiger charge is 2.00. The number of carbonyl (C=O) groups is 1. The van der Waals surface area contributed by atoms with Crippen molar-refractivity contribution in [2.45, 2.75) is 19.9 Å². The topological polar surface area (TPSA) is 77.1 Å². The lowest BCUT2D eigenvalue weighted by atomic mass is 10.3. The molecule has 6 nitrogen and oxygen atoms in total. The molecule has 2 rings (SSSR count). The summed E-state index contributed by atoms with van der Waals surface area (Å²) in [6, 6.07) is 5.01. The second-order valence-corrected chi connectivity index (χ2v) is 4.41. The zero-order valence-electron chi connectivity index (χ0n) is 11.8. The van der Waals surface area contributed by atoms with E-state index in [4.69, 9.17) is 4.42 Å². The molecule has 110 valence electrons. The molecular weight excluding hydrogens is 270 g/mol. The van der Waals surface area contributed by atoms with Crippen LogP contribution >= 0.6 is 0 Å². The van der Waals surface area contributed by atoms with E-state index in [1.165, 1.54) is 29.3 Å². The van der Waals surface area contributed by atoms with Crippen LogP contribution in [0.3, 0.4) is 0 Å². The lowest BCUT2D eigenvalue weighted by Crippen LogP contribution is -2.30. The van der Waals surface area contributed by atoms with Crippen molar-refractivity contribution in [1.82, 2.24) is 14.9 Å². The van der Waals surface area contributed by atoms with E-state index < -0.39 is 0 Å². The van der Waals surface area contributed by atoms with Gasteiger partial charge in [0.05, 0.1) is 12.6 Å². The van der Waals surface area contributed by atoms with Crippen molar-refractivity contribution in [2.75, 3.05) is 6.54 Å². The van der Waals surface area contributed by atoms with E-state index in [0.29, 0.717) is 18.8 Å². The molecule has 0 radical (unpaired) electrons. The molecule has 2 aromatic rings. The molecular formula is C15H17N3O3. The van der Waals surface area contributed by atoms with Gasteiger partial charge in [0.25, 0.3) is 5.56 Å². The molecule has 1 amide bonds. The van der Waals surface area contributed by atoms with Crippen molar-refractivity contribution in [1.29, 1.82) is 0 Å². The van der Waals surface area contributed by atoms with Crippen molar-refractivity contribution in [2.24, 2.45) is 0 Å². The Bertz CT molecular complexity index is 672. The van der Waals surface area contributed by atoms with Gasteiger partial charge in [0.15, 0.2) is 0 Å². The SMILES string of the molecule is CCc1cc(=O)n(CCNC(=O)/C=C/c2ccco2)cn1. The summed E-state index contributed by atoms with van der Waals surface area (Å²) in [5, 5.41) is 2.69. The van der Waals surface area contributed by atoms with Gasteiger partial charge in [-0.25, -0.2) is 4.98 Å². The van der Waals surface area contributed by atoms with Crippen LogP contribution in [0.2, 0.25) is 0 Å². The van der Waals surface area contributed by atoms with Gasteiger partial charge in [-0.1, -0.05) is 6.92 Å².